The number of allylic oxidation sites excluding steroid dienone is 1. The molecule has 0 bridgehead atoms. The van der Waals surface area contributed by atoms with Crippen LogP contribution in [0.4, 0.5) is 0 Å². The van der Waals surface area contributed by atoms with Gasteiger partial charge in [-0.25, -0.2) is 14.8 Å². The van der Waals surface area contributed by atoms with Gasteiger partial charge in [-0.2, -0.15) is 0 Å². The molecule has 1 aromatic carbocycles. The van der Waals surface area contributed by atoms with Crippen LogP contribution in [0, 0.1) is 0 Å². The van der Waals surface area contributed by atoms with Crippen LogP contribution in [0.1, 0.15) is 95.1 Å². The zero-order valence-electron chi connectivity index (χ0n) is 19.3. The van der Waals surface area contributed by atoms with Crippen LogP contribution in [0.25, 0.3) is 0 Å². The summed E-state index contributed by atoms with van der Waals surface area (Å²) in [5, 5.41) is 0. The Bertz CT molecular complexity index is 757. The molecule has 1 heterocycles. The van der Waals surface area contributed by atoms with Crippen molar-refractivity contribution in [3.8, 4) is 6.01 Å². The highest BCUT2D eigenvalue weighted by Gasteiger charge is 2.10. The van der Waals surface area contributed by atoms with E-state index in [1.165, 1.54) is 56.6 Å². The number of benzene rings is 1. The Balaban J connectivity index is 1.82. The normalized spacial score (nSPS) is 12.2. The van der Waals surface area contributed by atoms with E-state index in [0.717, 1.165) is 31.2 Å². The van der Waals surface area contributed by atoms with Gasteiger partial charge in [-0.05, 0) is 30.4 Å². The van der Waals surface area contributed by atoms with Crippen LogP contribution < -0.4 is 4.74 Å². The molecular formula is C27H38N2O2. The van der Waals surface area contributed by atoms with E-state index in [2.05, 4.69) is 35.9 Å². The van der Waals surface area contributed by atoms with Crippen LogP contribution in [-0.4, -0.2) is 15.9 Å². The van der Waals surface area contributed by atoms with Crippen molar-refractivity contribution in [2.24, 2.45) is 0 Å². The summed E-state index contributed by atoms with van der Waals surface area (Å²) in [5.41, 5.74) is 2.31. The van der Waals surface area contributed by atoms with E-state index in [9.17, 15) is 4.79 Å². The number of rotatable bonds is 15. The quantitative estimate of drug-likeness (QED) is 0.173. The Labute approximate surface area is 188 Å². The Hall–Kier alpha value is -2.49. The minimum atomic E-state index is -0.430. The fourth-order valence-electron chi connectivity index (χ4n) is 3.64. The lowest BCUT2D eigenvalue weighted by atomic mass is 9.93. The molecule has 0 aliphatic carbocycles. The summed E-state index contributed by atoms with van der Waals surface area (Å²) in [4.78, 5) is 20.7. The van der Waals surface area contributed by atoms with Crippen LogP contribution in [0.5, 0.6) is 6.01 Å². The number of aromatic nitrogens is 2. The second-order valence-corrected chi connectivity index (χ2v) is 8.18. The number of aryl methyl sites for hydroxylation is 1. The van der Waals surface area contributed by atoms with Gasteiger partial charge in [-0.15, -0.1) is 0 Å². The Morgan fingerprint density at radius 1 is 0.903 bits per heavy atom. The number of carbonyl (C=O) groups excluding carboxylic acids is 1. The Morgan fingerprint density at radius 3 is 2.26 bits per heavy atom. The first-order valence-corrected chi connectivity index (χ1v) is 12.0. The Kier molecular flexibility index (Phi) is 12.3. The number of carbonyl (C=O) groups is 1. The first-order valence-electron chi connectivity index (χ1n) is 12.0. The number of esters is 1. The third-order valence-corrected chi connectivity index (χ3v) is 5.50. The highest BCUT2D eigenvalue weighted by Crippen LogP contribution is 2.24. The summed E-state index contributed by atoms with van der Waals surface area (Å²) in [6.45, 7) is 4.43. The molecule has 31 heavy (non-hydrogen) atoms. The predicted octanol–water partition coefficient (Wildman–Crippen LogP) is 7.21. The number of hydrogen-bond acceptors (Lipinski definition) is 4. The van der Waals surface area contributed by atoms with Gasteiger partial charge >= 0.3 is 12.0 Å². The minimum absolute atomic E-state index is 0.114. The fourth-order valence-corrected chi connectivity index (χ4v) is 3.64. The second kappa shape index (κ2) is 15.3. The van der Waals surface area contributed by atoms with Crippen LogP contribution in [0.2, 0.25) is 0 Å². The smallest absolute Gasteiger partial charge is 0.338 e. The van der Waals surface area contributed by atoms with Crippen LogP contribution >= 0.6 is 0 Å². The van der Waals surface area contributed by atoms with Gasteiger partial charge < -0.3 is 4.74 Å². The molecule has 0 saturated carbocycles. The van der Waals surface area contributed by atoms with Gasteiger partial charge in [0.25, 0.3) is 0 Å². The number of unbranched alkanes of at least 4 members (excludes halogenated alkanes) is 7. The molecule has 0 aliphatic heterocycles. The third-order valence-electron chi connectivity index (χ3n) is 5.50. The molecule has 4 heteroatoms. The molecule has 0 fully saturated rings. The fraction of sp³-hybridized carbons (Fsp3) is 0.519. The summed E-state index contributed by atoms with van der Waals surface area (Å²) < 4.78 is 5.30. The lowest BCUT2D eigenvalue weighted by Gasteiger charge is -2.13. The molecule has 168 valence electrons. The van der Waals surface area contributed by atoms with Crippen molar-refractivity contribution in [3.63, 3.8) is 0 Å². The summed E-state index contributed by atoms with van der Waals surface area (Å²) >= 11 is 0. The van der Waals surface area contributed by atoms with Gasteiger partial charge in [-0.1, -0.05) is 102 Å². The lowest BCUT2D eigenvalue weighted by molar-refractivity contribution is -0.129. The molecule has 0 saturated heterocycles. The predicted molar refractivity (Wildman–Crippen MR) is 127 cm³/mol. The van der Waals surface area contributed by atoms with E-state index in [-0.39, 0.29) is 11.9 Å². The topological polar surface area (TPSA) is 52.1 Å². The second-order valence-electron chi connectivity index (χ2n) is 8.18. The molecular weight excluding hydrogens is 384 g/mol. The molecule has 0 amide bonds. The van der Waals surface area contributed by atoms with E-state index in [1.54, 1.807) is 12.4 Å². The summed E-state index contributed by atoms with van der Waals surface area (Å²) in [6.07, 6.45) is 20.1. The molecule has 1 atom stereocenters. The lowest BCUT2D eigenvalue weighted by Crippen LogP contribution is -2.08. The standard InChI is InChI=1S/C27H38N2O2/c1-3-5-7-8-9-12-15-23-21-28-27(29-22-23)31-26(30)20-19-25(16-11-6-4-2)24-17-13-10-14-18-24/h10,13-14,17-22,25H,3-9,11-12,15-16H2,1-2H3. The molecule has 2 rings (SSSR count). The van der Waals surface area contributed by atoms with E-state index in [1.807, 2.05) is 24.3 Å². The summed E-state index contributed by atoms with van der Waals surface area (Å²) in [6, 6.07) is 10.4. The van der Waals surface area contributed by atoms with Crippen molar-refractivity contribution >= 4 is 5.97 Å². The summed E-state index contributed by atoms with van der Waals surface area (Å²) in [5.74, 6) is -0.221. The van der Waals surface area contributed by atoms with E-state index >= 15 is 0 Å². The van der Waals surface area contributed by atoms with Gasteiger partial charge in [0.1, 0.15) is 0 Å². The largest absolute Gasteiger partial charge is 0.388 e. The SMILES string of the molecule is CCCCCCCCc1cnc(OC(=O)C=CC(CCCCC)c2ccccc2)nc1. The average Bonchev–Trinajstić information content (AvgIpc) is 2.80. The highest BCUT2D eigenvalue weighted by molar-refractivity contribution is 5.83. The number of hydrogen-bond donors (Lipinski definition) is 0. The van der Waals surface area contributed by atoms with Crippen molar-refractivity contribution in [1.82, 2.24) is 9.97 Å². The van der Waals surface area contributed by atoms with Gasteiger partial charge in [0.2, 0.25) is 0 Å². The first kappa shape index (κ1) is 24.8. The zero-order chi connectivity index (χ0) is 22.2. The maximum atomic E-state index is 12.3. The molecule has 0 radical (unpaired) electrons. The number of ether oxygens (including phenoxy) is 1. The molecule has 0 aliphatic rings. The maximum absolute atomic E-state index is 12.3. The molecule has 1 unspecified atom stereocenters. The summed E-state index contributed by atoms with van der Waals surface area (Å²) in [7, 11) is 0. The van der Waals surface area contributed by atoms with Crippen LogP contribution in [0.3, 0.4) is 0 Å². The minimum Gasteiger partial charge on any atom is -0.388 e. The van der Waals surface area contributed by atoms with Crippen molar-refractivity contribution in [3.05, 3.63) is 66.0 Å². The van der Waals surface area contributed by atoms with Gasteiger partial charge in [0, 0.05) is 24.4 Å². The van der Waals surface area contributed by atoms with E-state index in [4.69, 9.17) is 4.74 Å². The van der Waals surface area contributed by atoms with E-state index < -0.39 is 5.97 Å². The highest BCUT2D eigenvalue weighted by atomic mass is 16.5. The van der Waals surface area contributed by atoms with Gasteiger partial charge in [-0.3, -0.25) is 0 Å². The first-order chi connectivity index (χ1) is 15.2. The van der Waals surface area contributed by atoms with Gasteiger partial charge in [0.05, 0.1) is 0 Å². The third kappa shape index (κ3) is 10.4. The van der Waals surface area contributed by atoms with Crippen LogP contribution in [0.15, 0.2) is 54.9 Å². The molecule has 2 aromatic rings. The monoisotopic (exact) mass is 422 g/mol. The van der Waals surface area contributed by atoms with Gasteiger partial charge in [0.15, 0.2) is 0 Å². The zero-order valence-corrected chi connectivity index (χ0v) is 19.3. The Morgan fingerprint density at radius 2 is 1.55 bits per heavy atom. The van der Waals surface area contributed by atoms with Crippen molar-refractivity contribution in [1.29, 1.82) is 0 Å². The van der Waals surface area contributed by atoms with Crippen molar-refractivity contribution < 1.29 is 9.53 Å². The van der Waals surface area contributed by atoms with Crippen molar-refractivity contribution in [2.45, 2.75) is 90.4 Å². The molecule has 0 N–H and O–H groups in total. The van der Waals surface area contributed by atoms with E-state index in [0.29, 0.717) is 0 Å². The van der Waals surface area contributed by atoms with Crippen molar-refractivity contribution in [2.75, 3.05) is 0 Å². The molecule has 4 nitrogen and oxygen atoms in total. The average molecular weight is 423 g/mol. The maximum Gasteiger partial charge on any atom is 0.338 e. The molecule has 1 aromatic heterocycles. The molecule has 0 spiro atoms. The van der Waals surface area contributed by atoms with Crippen LogP contribution in [-0.2, 0) is 11.2 Å². The number of nitrogens with zero attached hydrogens (tertiary/aromatic N) is 2.